The molecule has 0 radical (unpaired) electrons. The standard InChI is InChI=1S/C37H30F40N2O4/c38-15(39)22(46,47)26(54,55)30(62,63)34(70,71)36(74,75)32(66,67)28(58,59)24(50,51)20(42,43)9-19(11-1-5-13(6-2-11)78-17(80)81,12-3-7-14(8-4-12)79-18(82)83)10-21(44,45)25(52,53)29(60,61)33(68,69)37(76,77)35(72,73)31(64,65)27(56,57)23(48,49)16(40)41/h11-16,78-79H,1-10H2,(H,80,81)(H,82,83). The summed E-state index contributed by atoms with van der Waals surface area (Å²) in [6, 6.07) is -3.76. The predicted octanol–water partition coefficient (Wildman–Crippen LogP) is 16.4. The van der Waals surface area contributed by atoms with Crippen molar-refractivity contribution in [2.75, 3.05) is 0 Å². The van der Waals surface area contributed by atoms with Gasteiger partial charge in [-0.2, -0.15) is 158 Å². The molecule has 46 heteroatoms. The summed E-state index contributed by atoms with van der Waals surface area (Å²) < 4.78 is 579. The first-order valence-electron chi connectivity index (χ1n) is 21.4. The van der Waals surface area contributed by atoms with Crippen LogP contribution in [0.4, 0.5) is 185 Å². The Balaban J connectivity index is 3.21. The molecule has 0 bridgehead atoms. The van der Waals surface area contributed by atoms with Gasteiger partial charge in [0.1, 0.15) is 0 Å². The van der Waals surface area contributed by atoms with Gasteiger partial charge in [-0.15, -0.1) is 0 Å². The van der Waals surface area contributed by atoms with E-state index >= 15 is 52.7 Å². The number of carbonyl (C=O) groups is 2. The van der Waals surface area contributed by atoms with Gasteiger partial charge in [-0.05, 0) is 68.6 Å². The van der Waals surface area contributed by atoms with Crippen LogP contribution in [0.3, 0.4) is 0 Å². The zero-order valence-corrected chi connectivity index (χ0v) is 38.9. The Morgan fingerprint density at radius 2 is 0.470 bits per heavy atom. The van der Waals surface area contributed by atoms with Crippen molar-refractivity contribution < 1.29 is 195 Å². The molecule has 6 nitrogen and oxygen atoms in total. The highest BCUT2D eigenvalue weighted by atomic mass is 19.4. The summed E-state index contributed by atoms with van der Waals surface area (Å²) in [5.41, 5.74) is -5.18. The van der Waals surface area contributed by atoms with Gasteiger partial charge in [-0.3, -0.25) is 0 Å². The Morgan fingerprint density at radius 1 is 0.301 bits per heavy atom. The predicted molar refractivity (Wildman–Crippen MR) is 187 cm³/mol. The molecule has 0 unspecified atom stereocenters. The van der Waals surface area contributed by atoms with Gasteiger partial charge in [0.25, 0.3) is 0 Å². The second kappa shape index (κ2) is 21.6. The van der Waals surface area contributed by atoms with E-state index in [9.17, 15) is 133 Å². The van der Waals surface area contributed by atoms with Gasteiger partial charge >= 0.3 is 132 Å². The van der Waals surface area contributed by atoms with Gasteiger partial charge in [0.2, 0.25) is 0 Å². The van der Waals surface area contributed by atoms with Crippen molar-refractivity contribution in [3.8, 4) is 0 Å². The first-order valence-corrected chi connectivity index (χ1v) is 21.4. The molecule has 0 heterocycles. The number of halogens is 40. The molecular weight excluding hydrogens is 1300 g/mol. The monoisotopic (exact) mass is 1330 g/mol. The van der Waals surface area contributed by atoms with Crippen molar-refractivity contribution in [2.45, 2.75) is 196 Å². The average Bonchev–Trinajstić information content (AvgIpc) is 3.29. The SMILES string of the molecule is O=C(O)NC1CCC(C(CC(F)(F)C(F)(F)C(F)(F)C(F)(F)C(F)(F)C(F)(F)C(F)(F)C(F)(F)C(F)(F)C(F)F)(CC(F)(F)C(F)(F)C(F)(F)C(F)(F)C(F)(F)C(F)(F)C(F)(F)C(F)(F)C(F)(F)C(F)F)C2CCC(NC(=O)O)CC2)CC1. The number of amides is 2. The van der Waals surface area contributed by atoms with Crippen molar-refractivity contribution in [3.63, 3.8) is 0 Å². The van der Waals surface area contributed by atoms with E-state index in [1.807, 2.05) is 0 Å². The number of rotatable bonds is 26. The van der Waals surface area contributed by atoms with Crippen molar-refractivity contribution in [1.29, 1.82) is 0 Å². The third-order valence-corrected chi connectivity index (χ3v) is 13.9. The third kappa shape index (κ3) is 10.7. The lowest BCUT2D eigenvalue weighted by Crippen LogP contribution is -2.77. The molecule has 2 amide bonds. The second-order valence-corrected chi connectivity index (χ2v) is 18.9. The van der Waals surface area contributed by atoms with E-state index in [-0.39, 0.29) is 0 Å². The number of hydrogen-bond donors (Lipinski definition) is 4. The molecule has 492 valence electrons. The summed E-state index contributed by atoms with van der Waals surface area (Å²) in [7, 11) is 0. The molecule has 0 aromatic carbocycles. The molecule has 0 atom stereocenters. The molecule has 0 spiro atoms. The Kier molecular flexibility index (Phi) is 19.4. The zero-order chi connectivity index (χ0) is 66.6. The smallest absolute Gasteiger partial charge is 0.404 e. The first kappa shape index (κ1) is 74.8. The Bertz CT molecular complexity index is 2130. The van der Waals surface area contributed by atoms with Crippen molar-refractivity contribution in [2.24, 2.45) is 17.3 Å². The lowest BCUT2D eigenvalue weighted by Gasteiger charge is -2.54. The second-order valence-electron chi connectivity index (χ2n) is 18.9. The van der Waals surface area contributed by atoms with Crippen LogP contribution in [0, 0.1) is 17.3 Å². The minimum Gasteiger partial charge on any atom is -0.465 e. The number of alkyl halides is 40. The fraction of sp³-hybridized carbons (Fsp3) is 0.946. The lowest BCUT2D eigenvalue weighted by molar-refractivity contribution is -0.467. The van der Waals surface area contributed by atoms with Crippen LogP contribution in [0.25, 0.3) is 0 Å². The molecule has 0 saturated heterocycles. The highest BCUT2D eigenvalue weighted by molar-refractivity contribution is 5.65. The molecular formula is C37H30F40N2O4. The topological polar surface area (TPSA) is 98.7 Å². The van der Waals surface area contributed by atoms with Crippen LogP contribution in [-0.2, 0) is 0 Å². The lowest BCUT2D eigenvalue weighted by atomic mass is 9.53. The molecule has 2 aliphatic rings. The normalized spacial score (nSPS) is 21.6. The quantitative estimate of drug-likeness (QED) is 0.0649. The number of carboxylic acid groups (broad SMARTS) is 2. The summed E-state index contributed by atoms with van der Waals surface area (Å²) in [5, 5.41) is 20.8. The maximum atomic E-state index is 16.3. The minimum atomic E-state index is -9.81. The summed E-state index contributed by atoms with van der Waals surface area (Å²) in [4.78, 5) is 22.4. The van der Waals surface area contributed by atoms with E-state index in [1.165, 1.54) is 10.6 Å². The van der Waals surface area contributed by atoms with E-state index in [0.29, 0.717) is 0 Å². The van der Waals surface area contributed by atoms with Crippen LogP contribution in [0.5, 0.6) is 0 Å². The maximum Gasteiger partial charge on any atom is 0.404 e. The number of nitrogens with one attached hydrogen (secondary N) is 2. The van der Waals surface area contributed by atoms with Crippen molar-refractivity contribution in [1.82, 2.24) is 10.6 Å². The largest absolute Gasteiger partial charge is 0.465 e. The summed E-state index contributed by atoms with van der Waals surface area (Å²) in [5.74, 6) is -173. The fourth-order valence-electron chi connectivity index (χ4n) is 9.12. The van der Waals surface area contributed by atoms with E-state index in [1.54, 1.807) is 0 Å². The Hall–Kier alpha value is -4.26. The van der Waals surface area contributed by atoms with E-state index in [4.69, 9.17) is 10.2 Å². The molecule has 2 rings (SSSR count). The Labute approximate surface area is 431 Å². The van der Waals surface area contributed by atoms with Crippen LogP contribution >= 0.6 is 0 Å². The van der Waals surface area contributed by atoms with Gasteiger partial charge in [-0.25, -0.2) is 27.2 Å². The molecule has 0 aliphatic heterocycles. The van der Waals surface area contributed by atoms with Crippen molar-refractivity contribution >= 4 is 12.2 Å². The van der Waals surface area contributed by atoms with Crippen LogP contribution in [0.15, 0.2) is 0 Å². The average molecular weight is 1330 g/mol. The first-order chi connectivity index (χ1) is 36.1. The van der Waals surface area contributed by atoms with Crippen LogP contribution < -0.4 is 10.6 Å². The molecule has 2 fully saturated rings. The molecule has 0 aromatic heterocycles. The molecule has 2 saturated carbocycles. The van der Waals surface area contributed by atoms with Crippen LogP contribution in [0.1, 0.15) is 64.2 Å². The molecule has 4 N–H and O–H groups in total. The van der Waals surface area contributed by atoms with Gasteiger partial charge in [0, 0.05) is 24.9 Å². The third-order valence-electron chi connectivity index (χ3n) is 13.9. The molecule has 83 heavy (non-hydrogen) atoms. The number of hydrogen-bond acceptors (Lipinski definition) is 2. The minimum absolute atomic E-state index is 1.39. The maximum absolute atomic E-state index is 16.3. The van der Waals surface area contributed by atoms with E-state index in [2.05, 4.69) is 0 Å². The van der Waals surface area contributed by atoms with Gasteiger partial charge < -0.3 is 20.8 Å². The van der Waals surface area contributed by atoms with Gasteiger partial charge in [0.15, 0.2) is 0 Å². The highest BCUT2D eigenvalue weighted by Gasteiger charge is 2.99. The summed E-state index contributed by atoms with van der Waals surface area (Å²) >= 11 is 0. The van der Waals surface area contributed by atoms with Crippen LogP contribution in [0.2, 0.25) is 0 Å². The molecule has 2 aliphatic carbocycles. The summed E-state index contributed by atoms with van der Waals surface area (Å²) in [6.07, 6.45) is -39.5. The van der Waals surface area contributed by atoms with Crippen LogP contribution in [-0.4, -0.2) is 154 Å². The van der Waals surface area contributed by atoms with E-state index < -0.39 is 225 Å². The summed E-state index contributed by atoms with van der Waals surface area (Å²) in [6.45, 7) is 0. The van der Waals surface area contributed by atoms with Gasteiger partial charge in [-0.1, -0.05) is 0 Å². The van der Waals surface area contributed by atoms with E-state index in [0.717, 1.165) is 0 Å². The fourth-order valence-corrected chi connectivity index (χ4v) is 9.12. The highest BCUT2D eigenvalue weighted by Crippen LogP contribution is 2.71. The van der Waals surface area contributed by atoms with Gasteiger partial charge in [0.05, 0.1) is 0 Å². The molecule has 0 aromatic rings. The van der Waals surface area contributed by atoms with Crippen molar-refractivity contribution in [3.05, 3.63) is 0 Å². The Morgan fingerprint density at radius 3 is 0.639 bits per heavy atom. The zero-order valence-electron chi connectivity index (χ0n) is 38.9.